The van der Waals surface area contributed by atoms with E-state index in [1.165, 1.54) is 12.8 Å². The van der Waals surface area contributed by atoms with E-state index >= 15 is 0 Å². The Morgan fingerprint density at radius 2 is 2.19 bits per heavy atom. The molecule has 0 radical (unpaired) electrons. The summed E-state index contributed by atoms with van der Waals surface area (Å²) in [5, 5.41) is 5.98. The Bertz CT molecular complexity index is 506. The molecule has 0 saturated heterocycles. The van der Waals surface area contributed by atoms with Crippen LogP contribution in [0.25, 0.3) is 0 Å². The maximum atomic E-state index is 11.8. The summed E-state index contributed by atoms with van der Waals surface area (Å²) in [6, 6.07) is 7.84. The molecule has 0 aliphatic heterocycles. The largest absolute Gasteiger partial charge is 0.370 e. The molecular weight excluding hydrogens is 447 g/mol. The molecule has 0 atom stereocenters. The minimum Gasteiger partial charge on any atom is -0.370 e. The average molecular weight is 467 g/mol. The molecule has 1 aromatic rings. The second-order valence-electron chi connectivity index (χ2n) is 4.81. The van der Waals surface area contributed by atoms with Gasteiger partial charge in [-0.05, 0) is 37.5 Å². The van der Waals surface area contributed by atoms with Crippen LogP contribution in [0.5, 0.6) is 0 Å². The summed E-state index contributed by atoms with van der Waals surface area (Å²) in [4.78, 5) is 16.1. The van der Waals surface area contributed by atoms with Gasteiger partial charge in [0.25, 0.3) is 5.91 Å². The van der Waals surface area contributed by atoms with Gasteiger partial charge in [0.05, 0.1) is 0 Å². The lowest BCUT2D eigenvalue weighted by atomic mass is 10.2. The van der Waals surface area contributed by atoms with Crippen LogP contribution >= 0.6 is 39.9 Å². The molecule has 0 bridgehead atoms. The highest BCUT2D eigenvalue weighted by Gasteiger charge is 2.21. The van der Waals surface area contributed by atoms with Gasteiger partial charge in [0.2, 0.25) is 0 Å². The molecule has 1 aliphatic rings. The number of carbonyl (C=O) groups excluding carboxylic acids is 1. The third-order valence-corrected chi connectivity index (χ3v) is 3.41. The van der Waals surface area contributed by atoms with E-state index in [0.29, 0.717) is 30.7 Å². The van der Waals surface area contributed by atoms with Crippen LogP contribution < -0.4 is 16.4 Å². The molecule has 1 amide bonds. The molecule has 0 unspecified atom stereocenters. The van der Waals surface area contributed by atoms with Gasteiger partial charge in [-0.15, -0.1) is 24.0 Å². The first kappa shape index (κ1) is 18.2. The number of nitrogens with two attached hydrogens (primary N) is 1. The third-order valence-electron chi connectivity index (χ3n) is 2.92. The number of nitrogens with one attached hydrogen (secondary N) is 2. The molecule has 5 nitrogen and oxygen atoms in total. The van der Waals surface area contributed by atoms with Crippen molar-refractivity contribution in [3.63, 3.8) is 0 Å². The number of nitrogens with zero attached hydrogens (tertiary/aromatic N) is 1. The van der Waals surface area contributed by atoms with Crippen LogP contribution in [0, 0.1) is 0 Å². The van der Waals surface area contributed by atoms with E-state index in [1.807, 2.05) is 12.1 Å². The van der Waals surface area contributed by atoms with Gasteiger partial charge in [-0.2, -0.15) is 0 Å². The Balaban J connectivity index is 0.00000220. The van der Waals surface area contributed by atoms with E-state index in [2.05, 4.69) is 31.6 Å². The predicted octanol–water partition coefficient (Wildman–Crippen LogP) is 2.25. The standard InChI is InChI=1S/C14H19BrN4O.HI/c15-11-4-1-3-10(9-11)13(20)17-7-2-8-18-14(16)19-12-5-6-12;/h1,3-4,9,12H,2,5-8H2,(H,17,20)(H3,16,18,19);1H. The Labute approximate surface area is 150 Å². The second kappa shape index (κ2) is 9.24. The molecule has 1 aliphatic carbocycles. The van der Waals surface area contributed by atoms with Crippen molar-refractivity contribution in [2.45, 2.75) is 25.3 Å². The topological polar surface area (TPSA) is 79.5 Å². The van der Waals surface area contributed by atoms with E-state index in [1.54, 1.807) is 12.1 Å². The van der Waals surface area contributed by atoms with Crippen molar-refractivity contribution in [2.75, 3.05) is 13.1 Å². The van der Waals surface area contributed by atoms with Gasteiger partial charge < -0.3 is 16.4 Å². The molecule has 21 heavy (non-hydrogen) atoms. The summed E-state index contributed by atoms with van der Waals surface area (Å²) in [6.45, 7) is 1.20. The summed E-state index contributed by atoms with van der Waals surface area (Å²) in [6.07, 6.45) is 3.13. The van der Waals surface area contributed by atoms with Crippen molar-refractivity contribution in [3.8, 4) is 0 Å². The van der Waals surface area contributed by atoms with Gasteiger partial charge in [-0.25, -0.2) is 0 Å². The Hall–Kier alpha value is -0.830. The molecule has 7 heteroatoms. The highest BCUT2D eigenvalue weighted by Crippen LogP contribution is 2.17. The van der Waals surface area contributed by atoms with Crippen LogP contribution in [0.3, 0.4) is 0 Å². The fourth-order valence-electron chi connectivity index (χ4n) is 1.69. The number of aliphatic imine (C=N–C) groups is 1. The van der Waals surface area contributed by atoms with Crippen molar-refractivity contribution in [1.82, 2.24) is 10.6 Å². The van der Waals surface area contributed by atoms with E-state index in [0.717, 1.165) is 10.9 Å². The summed E-state index contributed by atoms with van der Waals surface area (Å²) in [7, 11) is 0. The third kappa shape index (κ3) is 7.12. The number of rotatable bonds is 6. The van der Waals surface area contributed by atoms with Crippen molar-refractivity contribution >= 4 is 51.8 Å². The number of guanidine groups is 1. The first-order chi connectivity index (χ1) is 9.65. The lowest BCUT2D eigenvalue weighted by Gasteiger charge is -2.05. The summed E-state index contributed by atoms with van der Waals surface area (Å²) in [5.41, 5.74) is 6.36. The highest BCUT2D eigenvalue weighted by molar-refractivity contribution is 14.0. The smallest absolute Gasteiger partial charge is 0.251 e. The van der Waals surface area contributed by atoms with Crippen molar-refractivity contribution < 1.29 is 4.79 Å². The highest BCUT2D eigenvalue weighted by atomic mass is 127. The summed E-state index contributed by atoms with van der Waals surface area (Å²) in [5.74, 6) is 0.435. The van der Waals surface area contributed by atoms with Crippen molar-refractivity contribution in [1.29, 1.82) is 0 Å². The lowest BCUT2D eigenvalue weighted by molar-refractivity contribution is 0.0953. The first-order valence-electron chi connectivity index (χ1n) is 6.75. The van der Waals surface area contributed by atoms with Crippen LogP contribution in [0.1, 0.15) is 29.6 Å². The maximum Gasteiger partial charge on any atom is 0.251 e. The Morgan fingerprint density at radius 1 is 1.43 bits per heavy atom. The maximum absolute atomic E-state index is 11.8. The number of hydrogen-bond acceptors (Lipinski definition) is 2. The molecule has 0 heterocycles. The van der Waals surface area contributed by atoms with Gasteiger partial charge in [0.15, 0.2) is 5.96 Å². The molecule has 0 spiro atoms. The number of amides is 1. The monoisotopic (exact) mass is 466 g/mol. The minimum atomic E-state index is -0.0700. The molecule has 116 valence electrons. The molecular formula is C14H20BrIN4O. The van der Waals surface area contributed by atoms with E-state index < -0.39 is 0 Å². The van der Waals surface area contributed by atoms with E-state index in [4.69, 9.17) is 5.73 Å². The molecule has 1 aromatic carbocycles. The summed E-state index contributed by atoms with van der Waals surface area (Å²) < 4.78 is 0.897. The average Bonchev–Trinajstić information content (AvgIpc) is 3.22. The van der Waals surface area contributed by atoms with Gasteiger partial charge in [-0.1, -0.05) is 22.0 Å². The Morgan fingerprint density at radius 3 is 2.86 bits per heavy atom. The SMILES string of the molecule is I.NC(=NCCCNC(=O)c1cccc(Br)c1)NC1CC1. The first-order valence-corrected chi connectivity index (χ1v) is 7.54. The fourth-order valence-corrected chi connectivity index (χ4v) is 2.09. The number of halogens is 2. The van der Waals surface area contributed by atoms with Gasteiger partial charge in [0, 0.05) is 29.2 Å². The van der Waals surface area contributed by atoms with Gasteiger partial charge >= 0.3 is 0 Å². The van der Waals surface area contributed by atoms with Crippen LogP contribution in [0.4, 0.5) is 0 Å². The molecule has 1 fully saturated rings. The Kier molecular flexibility index (Phi) is 8.02. The van der Waals surface area contributed by atoms with E-state index in [-0.39, 0.29) is 29.9 Å². The number of benzene rings is 1. The molecule has 4 N–H and O–H groups in total. The molecule has 1 saturated carbocycles. The normalized spacial score (nSPS) is 14.2. The van der Waals surface area contributed by atoms with Crippen LogP contribution in [0.15, 0.2) is 33.7 Å². The van der Waals surface area contributed by atoms with Gasteiger partial charge in [-0.3, -0.25) is 9.79 Å². The predicted molar refractivity (Wildman–Crippen MR) is 99.2 cm³/mol. The van der Waals surface area contributed by atoms with Crippen LogP contribution in [0.2, 0.25) is 0 Å². The zero-order valence-corrected chi connectivity index (χ0v) is 15.6. The quantitative estimate of drug-likeness (QED) is 0.260. The second-order valence-corrected chi connectivity index (χ2v) is 5.72. The van der Waals surface area contributed by atoms with Crippen molar-refractivity contribution in [3.05, 3.63) is 34.3 Å². The number of hydrogen-bond donors (Lipinski definition) is 3. The molecule has 0 aromatic heterocycles. The van der Waals surface area contributed by atoms with Gasteiger partial charge in [0.1, 0.15) is 0 Å². The fraction of sp³-hybridized carbons (Fsp3) is 0.429. The number of carbonyl (C=O) groups is 1. The van der Waals surface area contributed by atoms with Crippen LogP contribution in [-0.4, -0.2) is 31.0 Å². The van der Waals surface area contributed by atoms with Crippen LogP contribution in [-0.2, 0) is 0 Å². The summed E-state index contributed by atoms with van der Waals surface area (Å²) >= 11 is 3.35. The molecule has 2 rings (SSSR count). The zero-order valence-electron chi connectivity index (χ0n) is 11.6. The zero-order chi connectivity index (χ0) is 14.4. The van der Waals surface area contributed by atoms with E-state index in [9.17, 15) is 4.79 Å². The van der Waals surface area contributed by atoms with Crippen molar-refractivity contribution in [2.24, 2.45) is 10.7 Å². The lowest BCUT2D eigenvalue weighted by Crippen LogP contribution is -2.33. The minimum absolute atomic E-state index is 0.